The van der Waals surface area contributed by atoms with Gasteiger partial charge in [-0.05, 0) is 37.0 Å². The van der Waals surface area contributed by atoms with Crippen molar-refractivity contribution in [3.05, 3.63) is 23.8 Å². The van der Waals surface area contributed by atoms with Gasteiger partial charge in [0.25, 0.3) is 5.91 Å². The maximum atomic E-state index is 12.2. The molecular weight excluding hydrogens is 238 g/mol. The average Bonchev–Trinajstić information content (AvgIpc) is 2.38. The van der Waals surface area contributed by atoms with Crippen molar-refractivity contribution in [1.82, 2.24) is 4.90 Å². The molecule has 0 aliphatic carbocycles. The first-order valence-corrected chi connectivity index (χ1v) is 6.85. The normalized spacial score (nSPS) is 16.5. The molecule has 4 heteroatoms. The Labute approximate surface area is 115 Å². The highest BCUT2D eigenvalue weighted by molar-refractivity contribution is 6.00. The summed E-state index contributed by atoms with van der Waals surface area (Å²) in [5.41, 5.74) is 8.32. The Morgan fingerprint density at radius 1 is 1.32 bits per heavy atom. The number of nitrogens with zero attached hydrogens (tertiary/aromatic N) is 2. The Morgan fingerprint density at radius 2 is 1.95 bits per heavy atom. The molecule has 2 N–H and O–H groups in total. The topological polar surface area (TPSA) is 49.6 Å². The molecule has 0 spiro atoms. The first-order valence-electron chi connectivity index (χ1n) is 6.85. The van der Waals surface area contributed by atoms with Crippen LogP contribution >= 0.6 is 0 Å². The smallest absolute Gasteiger partial charge is 0.255 e. The summed E-state index contributed by atoms with van der Waals surface area (Å²) in [4.78, 5) is 16.1. The van der Waals surface area contributed by atoms with Crippen LogP contribution in [0, 0.1) is 5.92 Å². The molecule has 1 aromatic carbocycles. The molecule has 0 aromatic heterocycles. The zero-order valence-corrected chi connectivity index (χ0v) is 12.0. The summed E-state index contributed by atoms with van der Waals surface area (Å²) in [6.07, 6.45) is 2.34. The molecule has 104 valence electrons. The van der Waals surface area contributed by atoms with Crippen molar-refractivity contribution in [2.75, 3.05) is 37.8 Å². The zero-order valence-electron chi connectivity index (χ0n) is 12.0. The van der Waals surface area contributed by atoms with Crippen LogP contribution in [0.4, 0.5) is 11.4 Å². The van der Waals surface area contributed by atoms with Crippen LogP contribution in [0.1, 0.15) is 30.1 Å². The van der Waals surface area contributed by atoms with Gasteiger partial charge in [-0.3, -0.25) is 4.79 Å². The molecule has 1 fully saturated rings. The van der Waals surface area contributed by atoms with E-state index in [1.165, 1.54) is 12.8 Å². The number of amides is 1. The molecule has 4 nitrogen and oxygen atoms in total. The zero-order chi connectivity index (χ0) is 14.0. The number of carbonyl (C=O) groups excluding carboxylic acids is 1. The van der Waals surface area contributed by atoms with Crippen molar-refractivity contribution in [3.63, 3.8) is 0 Å². The summed E-state index contributed by atoms with van der Waals surface area (Å²) in [6, 6.07) is 5.56. The van der Waals surface area contributed by atoms with E-state index in [4.69, 9.17) is 5.73 Å². The highest BCUT2D eigenvalue weighted by Crippen LogP contribution is 2.28. The number of rotatable bonds is 2. The second-order valence-electron chi connectivity index (χ2n) is 5.65. The minimum atomic E-state index is 0.0358. The Kier molecular flexibility index (Phi) is 3.98. The van der Waals surface area contributed by atoms with Gasteiger partial charge in [0, 0.05) is 32.9 Å². The van der Waals surface area contributed by atoms with E-state index in [1.54, 1.807) is 25.1 Å². The first kappa shape index (κ1) is 13.7. The maximum Gasteiger partial charge on any atom is 0.255 e. The number of nitrogen functional groups attached to an aromatic ring is 1. The predicted molar refractivity (Wildman–Crippen MR) is 79.5 cm³/mol. The van der Waals surface area contributed by atoms with Crippen LogP contribution in [0.2, 0.25) is 0 Å². The monoisotopic (exact) mass is 261 g/mol. The van der Waals surface area contributed by atoms with Crippen LogP contribution in [0.25, 0.3) is 0 Å². The minimum absolute atomic E-state index is 0.0358. The van der Waals surface area contributed by atoms with Gasteiger partial charge >= 0.3 is 0 Å². The standard InChI is InChI=1S/C15H23N3O/c1-11-6-8-18(9-7-11)14-10-12(16)4-5-13(14)15(19)17(2)3/h4-5,10-11H,6-9,16H2,1-3H3. The van der Waals surface area contributed by atoms with Gasteiger partial charge in [-0.2, -0.15) is 0 Å². The van der Waals surface area contributed by atoms with Crippen LogP contribution in [-0.4, -0.2) is 38.0 Å². The highest BCUT2D eigenvalue weighted by Gasteiger charge is 2.21. The van der Waals surface area contributed by atoms with Gasteiger partial charge in [0.1, 0.15) is 0 Å². The van der Waals surface area contributed by atoms with E-state index in [-0.39, 0.29) is 5.91 Å². The lowest BCUT2D eigenvalue weighted by Crippen LogP contribution is -2.35. The number of hydrogen-bond acceptors (Lipinski definition) is 3. The van der Waals surface area contributed by atoms with Crippen LogP contribution in [-0.2, 0) is 0 Å². The number of carbonyl (C=O) groups is 1. The Balaban J connectivity index is 2.32. The van der Waals surface area contributed by atoms with Gasteiger partial charge in [0.05, 0.1) is 11.3 Å². The van der Waals surface area contributed by atoms with Crippen molar-refractivity contribution in [2.24, 2.45) is 5.92 Å². The van der Waals surface area contributed by atoms with Crippen molar-refractivity contribution in [3.8, 4) is 0 Å². The minimum Gasteiger partial charge on any atom is -0.399 e. The summed E-state index contributed by atoms with van der Waals surface area (Å²) in [5, 5.41) is 0. The molecule has 0 saturated carbocycles. The molecule has 1 heterocycles. The number of piperidine rings is 1. The lowest BCUT2D eigenvalue weighted by molar-refractivity contribution is 0.0828. The van der Waals surface area contributed by atoms with Gasteiger partial charge in [0.2, 0.25) is 0 Å². The van der Waals surface area contributed by atoms with Gasteiger partial charge in [-0.25, -0.2) is 0 Å². The van der Waals surface area contributed by atoms with Gasteiger partial charge in [-0.15, -0.1) is 0 Å². The molecule has 1 aliphatic heterocycles. The third-order valence-corrected chi connectivity index (χ3v) is 3.78. The fraction of sp³-hybridized carbons (Fsp3) is 0.533. The molecule has 1 saturated heterocycles. The van der Waals surface area contributed by atoms with Gasteiger partial charge in [0.15, 0.2) is 0 Å². The number of anilines is 2. The van der Waals surface area contributed by atoms with Gasteiger partial charge in [-0.1, -0.05) is 6.92 Å². The number of nitrogens with two attached hydrogens (primary N) is 1. The van der Waals surface area contributed by atoms with E-state index in [0.717, 1.165) is 30.3 Å². The first-order chi connectivity index (χ1) is 8.99. The predicted octanol–water partition coefficient (Wildman–Crippen LogP) is 2.21. The lowest BCUT2D eigenvalue weighted by atomic mass is 9.97. The van der Waals surface area contributed by atoms with Crippen molar-refractivity contribution in [2.45, 2.75) is 19.8 Å². The quantitative estimate of drug-likeness (QED) is 0.830. The molecule has 1 amide bonds. The molecular formula is C15H23N3O. The van der Waals surface area contributed by atoms with E-state index in [1.807, 2.05) is 12.1 Å². The second-order valence-corrected chi connectivity index (χ2v) is 5.65. The van der Waals surface area contributed by atoms with Gasteiger partial charge < -0.3 is 15.5 Å². The second kappa shape index (κ2) is 5.51. The molecule has 1 aliphatic rings. The summed E-state index contributed by atoms with van der Waals surface area (Å²) in [6.45, 7) is 4.28. The summed E-state index contributed by atoms with van der Waals surface area (Å²) < 4.78 is 0. The van der Waals surface area contributed by atoms with Crippen LogP contribution in [0.5, 0.6) is 0 Å². The van der Waals surface area contributed by atoms with E-state index in [2.05, 4.69) is 11.8 Å². The third-order valence-electron chi connectivity index (χ3n) is 3.78. The maximum absolute atomic E-state index is 12.2. The molecule has 0 atom stereocenters. The third kappa shape index (κ3) is 3.00. The molecule has 0 bridgehead atoms. The van der Waals surface area contributed by atoms with Crippen LogP contribution in [0.3, 0.4) is 0 Å². The fourth-order valence-corrected chi connectivity index (χ4v) is 2.48. The van der Waals surface area contributed by atoms with Crippen molar-refractivity contribution in [1.29, 1.82) is 0 Å². The Morgan fingerprint density at radius 3 is 2.53 bits per heavy atom. The SMILES string of the molecule is CC1CCN(c2cc(N)ccc2C(=O)N(C)C)CC1. The van der Waals surface area contributed by atoms with Crippen LogP contribution < -0.4 is 10.6 Å². The summed E-state index contributed by atoms with van der Waals surface area (Å²) in [7, 11) is 3.56. The molecule has 0 unspecified atom stereocenters. The Hall–Kier alpha value is -1.71. The number of benzene rings is 1. The van der Waals surface area contributed by atoms with Crippen molar-refractivity contribution >= 4 is 17.3 Å². The molecule has 0 radical (unpaired) electrons. The highest BCUT2D eigenvalue weighted by atomic mass is 16.2. The fourth-order valence-electron chi connectivity index (χ4n) is 2.48. The largest absolute Gasteiger partial charge is 0.399 e. The lowest BCUT2D eigenvalue weighted by Gasteiger charge is -2.33. The van der Waals surface area contributed by atoms with E-state index in [9.17, 15) is 4.79 Å². The number of hydrogen-bond donors (Lipinski definition) is 1. The molecule has 2 rings (SSSR count). The summed E-state index contributed by atoms with van der Waals surface area (Å²) >= 11 is 0. The van der Waals surface area contributed by atoms with E-state index >= 15 is 0 Å². The summed E-state index contributed by atoms with van der Waals surface area (Å²) in [5.74, 6) is 0.805. The molecule has 1 aromatic rings. The molecule has 19 heavy (non-hydrogen) atoms. The Bertz CT molecular complexity index is 462. The van der Waals surface area contributed by atoms with E-state index < -0.39 is 0 Å². The van der Waals surface area contributed by atoms with E-state index in [0.29, 0.717) is 5.69 Å². The average molecular weight is 261 g/mol. The van der Waals surface area contributed by atoms with Crippen LogP contribution in [0.15, 0.2) is 18.2 Å². The van der Waals surface area contributed by atoms with Crippen molar-refractivity contribution < 1.29 is 4.79 Å².